The zero-order valence-electron chi connectivity index (χ0n) is 17.0. The highest BCUT2D eigenvalue weighted by Crippen LogP contribution is 2.28. The summed E-state index contributed by atoms with van der Waals surface area (Å²) in [4.78, 5) is 16.8. The van der Waals surface area contributed by atoms with Gasteiger partial charge in [-0.25, -0.2) is 0 Å². The maximum Gasteiger partial charge on any atom is 0.234 e. The van der Waals surface area contributed by atoms with Gasteiger partial charge >= 0.3 is 0 Å². The van der Waals surface area contributed by atoms with Crippen molar-refractivity contribution in [1.82, 2.24) is 19.7 Å². The van der Waals surface area contributed by atoms with Gasteiger partial charge in [0.1, 0.15) is 0 Å². The van der Waals surface area contributed by atoms with Gasteiger partial charge in [-0.2, -0.15) is 0 Å². The lowest BCUT2D eigenvalue weighted by atomic mass is 10.2. The number of aryl methyl sites for hydroxylation is 2. The van der Waals surface area contributed by atoms with Crippen LogP contribution >= 0.6 is 23.4 Å². The zero-order chi connectivity index (χ0) is 21.8. The molecule has 0 unspecified atom stereocenters. The third-order valence-corrected chi connectivity index (χ3v) is 5.82. The van der Waals surface area contributed by atoms with Crippen LogP contribution in [-0.2, 0) is 4.79 Å². The molecule has 156 valence electrons. The summed E-state index contributed by atoms with van der Waals surface area (Å²) in [6.45, 7) is 3.96. The molecule has 2 aromatic carbocycles. The molecule has 0 bridgehead atoms. The summed E-state index contributed by atoms with van der Waals surface area (Å²) in [6, 6.07) is 17.3. The molecular formula is C23H20ClN5OS. The van der Waals surface area contributed by atoms with Crippen molar-refractivity contribution in [2.75, 3.05) is 11.1 Å². The number of nitrogens with zero attached hydrogens (tertiary/aromatic N) is 4. The molecule has 1 N–H and O–H groups in total. The summed E-state index contributed by atoms with van der Waals surface area (Å²) >= 11 is 7.37. The predicted octanol–water partition coefficient (Wildman–Crippen LogP) is 5.33. The molecule has 0 fully saturated rings. The molecule has 6 nitrogen and oxygen atoms in total. The molecule has 0 aliphatic carbocycles. The Labute approximate surface area is 189 Å². The van der Waals surface area contributed by atoms with Gasteiger partial charge in [0.15, 0.2) is 11.0 Å². The molecule has 2 aromatic heterocycles. The molecule has 0 saturated carbocycles. The van der Waals surface area contributed by atoms with Gasteiger partial charge < -0.3 is 5.32 Å². The minimum absolute atomic E-state index is 0.142. The first-order chi connectivity index (χ1) is 15.0. The molecule has 0 spiro atoms. The van der Waals surface area contributed by atoms with Crippen LogP contribution in [0.15, 0.2) is 72.1 Å². The lowest BCUT2D eigenvalue weighted by molar-refractivity contribution is -0.113. The number of hydrogen-bond donors (Lipinski definition) is 1. The number of amides is 1. The van der Waals surface area contributed by atoms with Crippen LogP contribution in [0.25, 0.3) is 17.1 Å². The number of anilines is 1. The summed E-state index contributed by atoms with van der Waals surface area (Å²) < 4.78 is 1.94. The average molecular weight is 450 g/mol. The second kappa shape index (κ2) is 9.32. The predicted molar refractivity (Wildman–Crippen MR) is 125 cm³/mol. The summed E-state index contributed by atoms with van der Waals surface area (Å²) in [7, 11) is 0. The first kappa shape index (κ1) is 21.1. The van der Waals surface area contributed by atoms with E-state index in [4.69, 9.17) is 11.6 Å². The van der Waals surface area contributed by atoms with E-state index in [1.807, 2.05) is 60.9 Å². The van der Waals surface area contributed by atoms with Crippen LogP contribution in [0.3, 0.4) is 0 Å². The van der Waals surface area contributed by atoms with E-state index in [2.05, 4.69) is 20.5 Å². The van der Waals surface area contributed by atoms with E-state index in [9.17, 15) is 4.79 Å². The Morgan fingerprint density at radius 2 is 1.90 bits per heavy atom. The van der Waals surface area contributed by atoms with Gasteiger partial charge in [-0.3, -0.25) is 14.3 Å². The van der Waals surface area contributed by atoms with Crippen molar-refractivity contribution in [3.63, 3.8) is 0 Å². The quantitative estimate of drug-likeness (QED) is 0.403. The van der Waals surface area contributed by atoms with Crippen LogP contribution in [0.1, 0.15) is 11.1 Å². The Bertz CT molecular complexity index is 1210. The Hall–Kier alpha value is -3.16. The first-order valence-electron chi connectivity index (χ1n) is 9.63. The number of rotatable bonds is 6. The SMILES string of the molecule is Cc1ccc(-n2c(SCC(=O)Nc3cc(Cl)ccc3C)nnc2-c2cccnc2)cc1. The van der Waals surface area contributed by atoms with Crippen molar-refractivity contribution >= 4 is 35.0 Å². The van der Waals surface area contributed by atoms with Crippen molar-refractivity contribution in [2.45, 2.75) is 19.0 Å². The maximum absolute atomic E-state index is 12.6. The molecule has 31 heavy (non-hydrogen) atoms. The number of carbonyl (C=O) groups excluding carboxylic acids is 1. The second-order valence-electron chi connectivity index (χ2n) is 7.01. The van der Waals surface area contributed by atoms with E-state index in [0.29, 0.717) is 21.7 Å². The highest BCUT2D eigenvalue weighted by molar-refractivity contribution is 7.99. The lowest BCUT2D eigenvalue weighted by Crippen LogP contribution is -2.15. The van der Waals surface area contributed by atoms with E-state index in [1.165, 1.54) is 11.8 Å². The van der Waals surface area contributed by atoms with E-state index in [1.54, 1.807) is 24.5 Å². The molecule has 1 amide bonds. The number of thioether (sulfide) groups is 1. The highest BCUT2D eigenvalue weighted by Gasteiger charge is 2.17. The molecule has 0 aliphatic rings. The maximum atomic E-state index is 12.6. The summed E-state index contributed by atoms with van der Waals surface area (Å²) in [5.41, 5.74) is 4.58. The topological polar surface area (TPSA) is 72.7 Å². The van der Waals surface area contributed by atoms with Gasteiger partial charge in [-0.05, 0) is 55.8 Å². The van der Waals surface area contributed by atoms with E-state index in [-0.39, 0.29) is 11.7 Å². The van der Waals surface area contributed by atoms with Crippen molar-refractivity contribution in [3.05, 3.63) is 83.1 Å². The molecule has 0 aliphatic heterocycles. The molecule has 0 radical (unpaired) electrons. The molecule has 0 atom stereocenters. The van der Waals surface area contributed by atoms with Gasteiger partial charge in [0.2, 0.25) is 5.91 Å². The van der Waals surface area contributed by atoms with Crippen molar-refractivity contribution in [2.24, 2.45) is 0 Å². The standard InChI is InChI=1S/C23H20ClN5OS/c1-15-5-9-19(10-6-15)29-22(17-4-3-11-25-13-17)27-28-23(29)31-14-21(30)26-20-12-18(24)8-7-16(20)2/h3-13H,14H2,1-2H3,(H,26,30). The highest BCUT2D eigenvalue weighted by atomic mass is 35.5. The Kier molecular flexibility index (Phi) is 6.34. The Balaban J connectivity index is 1.59. The normalized spacial score (nSPS) is 10.8. The van der Waals surface area contributed by atoms with Crippen LogP contribution in [0.5, 0.6) is 0 Å². The minimum Gasteiger partial charge on any atom is -0.325 e. The Morgan fingerprint density at radius 1 is 1.10 bits per heavy atom. The minimum atomic E-state index is -0.142. The lowest BCUT2D eigenvalue weighted by Gasteiger charge is -2.11. The molecule has 4 aromatic rings. The van der Waals surface area contributed by atoms with E-state index < -0.39 is 0 Å². The fourth-order valence-corrected chi connectivity index (χ4v) is 3.94. The van der Waals surface area contributed by atoms with Crippen LogP contribution < -0.4 is 5.32 Å². The summed E-state index contributed by atoms with van der Waals surface area (Å²) in [5.74, 6) is 0.713. The van der Waals surface area contributed by atoms with Gasteiger partial charge in [0.05, 0.1) is 5.75 Å². The third-order valence-electron chi connectivity index (χ3n) is 4.65. The van der Waals surface area contributed by atoms with Gasteiger partial charge in [-0.1, -0.05) is 47.1 Å². The summed E-state index contributed by atoms with van der Waals surface area (Å²) in [5, 5.41) is 12.8. The number of benzene rings is 2. The number of halogens is 1. The van der Waals surface area contributed by atoms with Gasteiger partial charge in [0, 0.05) is 34.4 Å². The number of nitrogens with one attached hydrogen (secondary N) is 1. The van der Waals surface area contributed by atoms with Crippen LogP contribution in [0.2, 0.25) is 5.02 Å². The smallest absolute Gasteiger partial charge is 0.234 e. The van der Waals surface area contributed by atoms with Crippen molar-refractivity contribution in [3.8, 4) is 17.1 Å². The molecule has 8 heteroatoms. The summed E-state index contributed by atoms with van der Waals surface area (Å²) in [6.07, 6.45) is 3.46. The number of pyridine rings is 1. The second-order valence-corrected chi connectivity index (χ2v) is 8.39. The number of hydrogen-bond acceptors (Lipinski definition) is 5. The van der Waals surface area contributed by atoms with Gasteiger partial charge in [-0.15, -0.1) is 10.2 Å². The number of carbonyl (C=O) groups is 1. The van der Waals surface area contributed by atoms with Crippen LogP contribution in [-0.4, -0.2) is 31.4 Å². The van der Waals surface area contributed by atoms with E-state index in [0.717, 1.165) is 22.4 Å². The Morgan fingerprint density at radius 3 is 2.65 bits per heavy atom. The van der Waals surface area contributed by atoms with Crippen LogP contribution in [0.4, 0.5) is 5.69 Å². The monoisotopic (exact) mass is 449 g/mol. The fourth-order valence-electron chi connectivity index (χ4n) is 3.02. The fraction of sp³-hybridized carbons (Fsp3) is 0.130. The number of aromatic nitrogens is 4. The van der Waals surface area contributed by atoms with Crippen molar-refractivity contribution < 1.29 is 4.79 Å². The molecule has 2 heterocycles. The third kappa shape index (κ3) is 4.95. The molecule has 0 saturated heterocycles. The van der Waals surface area contributed by atoms with Gasteiger partial charge in [0.25, 0.3) is 0 Å². The largest absolute Gasteiger partial charge is 0.325 e. The van der Waals surface area contributed by atoms with Crippen molar-refractivity contribution in [1.29, 1.82) is 0 Å². The van der Waals surface area contributed by atoms with E-state index >= 15 is 0 Å². The first-order valence-corrected chi connectivity index (χ1v) is 11.0. The molecular weight excluding hydrogens is 430 g/mol. The average Bonchev–Trinajstić information content (AvgIpc) is 3.20. The zero-order valence-corrected chi connectivity index (χ0v) is 18.6. The molecule has 4 rings (SSSR count). The van der Waals surface area contributed by atoms with Crippen LogP contribution in [0, 0.1) is 13.8 Å².